The van der Waals surface area contributed by atoms with Crippen LogP contribution in [0, 0.1) is 5.82 Å². The number of benzene rings is 1. The number of aliphatic hydroxyl groups is 1. The Morgan fingerprint density at radius 3 is 2.76 bits per heavy atom. The van der Waals surface area contributed by atoms with E-state index in [1.54, 1.807) is 12.1 Å². The summed E-state index contributed by atoms with van der Waals surface area (Å²) in [7, 11) is 0. The van der Waals surface area contributed by atoms with E-state index in [1.807, 2.05) is 17.1 Å². The molecule has 0 saturated heterocycles. The molecule has 0 radical (unpaired) electrons. The summed E-state index contributed by atoms with van der Waals surface area (Å²) in [5.74, 6) is -0.223. The Morgan fingerprint density at radius 2 is 2.05 bits per heavy atom. The summed E-state index contributed by atoms with van der Waals surface area (Å²) in [5, 5.41) is 17.5. The lowest BCUT2D eigenvalue weighted by molar-refractivity contribution is 0.148. The zero-order chi connectivity index (χ0) is 14.7. The zero-order valence-electron chi connectivity index (χ0n) is 11.9. The van der Waals surface area contributed by atoms with E-state index in [0.29, 0.717) is 13.1 Å². The first-order valence-electron chi connectivity index (χ1n) is 7.38. The molecule has 1 aromatic heterocycles. The second-order valence-electron chi connectivity index (χ2n) is 5.66. The zero-order valence-corrected chi connectivity index (χ0v) is 11.9. The third kappa shape index (κ3) is 3.68. The van der Waals surface area contributed by atoms with E-state index in [-0.39, 0.29) is 18.0 Å². The fraction of sp³-hybridized carbons (Fsp3) is 0.438. The molecule has 1 saturated carbocycles. The van der Waals surface area contributed by atoms with Gasteiger partial charge in [-0.25, -0.2) is 4.39 Å². The molecule has 1 aromatic carbocycles. The van der Waals surface area contributed by atoms with Crippen LogP contribution in [0.3, 0.4) is 0 Å². The maximum atomic E-state index is 12.9. The standard InChI is InChI=1S/C16H20FN3O/c17-14-6-4-12(5-7-14)10-20-11-13(9-19-20)8-18-15-2-1-3-16(15)21/h4-7,9,11,15-16,18,21H,1-3,8,10H2/t15-,16-/m0/s1. The van der Waals surface area contributed by atoms with E-state index >= 15 is 0 Å². The highest BCUT2D eigenvalue weighted by Crippen LogP contribution is 2.19. The number of rotatable bonds is 5. The second-order valence-corrected chi connectivity index (χ2v) is 5.66. The number of aliphatic hydroxyl groups excluding tert-OH is 1. The van der Waals surface area contributed by atoms with Crippen molar-refractivity contribution in [3.63, 3.8) is 0 Å². The minimum atomic E-state index is -0.223. The fourth-order valence-corrected chi connectivity index (χ4v) is 2.79. The molecule has 4 nitrogen and oxygen atoms in total. The number of aromatic nitrogens is 2. The molecular formula is C16H20FN3O. The van der Waals surface area contributed by atoms with Gasteiger partial charge in [0.15, 0.2) is 0 Å². The highest BCUT2D eigenvalue weighted by atomic mass is 19.1. The van der Waals surface area contributed by atoms with Crippen LogP contribution in [0.1, 0.15) is 30.4 Å². The molecule has 0 unspecified atom stereocenters. The smallest absolute Gasteiger partial charge is 0.123 e. The molecule has 0 bridgehead atoms. The largest absolute Gasteiger partial charge is 0.392 e. The molecule has 1 aliphatic rings. The van der Waals surface area contributed by atoms with Crippen LogP contribution in [-0.2, 0) is 13.1 Å². The van der Waals surface area contributed by atoms with Crippen LogP contribution in [0.4, 0.5) is 4.39 Å². The van der Waals surface area contributed by atoms with Gasteiger partial charge in [-0.05, 0) is 37.0 Å². The molecule has 0 aliphatic heterocycles. The summed E-state index contributed by atoms with van der Waals surface area (Å²) in [6.45, 7) is 1.34. The molecule has 1 heterocycles. The SMILES string of the molecule is O[C@H]1CCC[C@@H]1NCc1cnn(Cc2ccc(F)cc2)c1. The van der Waals surface area contributed by atoms with Crippen LogP contribution in [-0.4, -0.2) is 27.0 Å². The van der Waals surface area contributed by atoms with E-state index in [9.17, 15) is 9.50 Å². The highest BCUT2D eigenvalue weighted by Gasteiger charge is 2.24. The monoisotopic (exact) mass is 289 g/mol. The normalized spacial score (nSPS) is 21.8. The lowest BCUT2D eigenvalue weighted by Gasteiger charge is -2.15. The lowest BCUT2D eigenvalue weighted by atomic mass is 10.2. The van der Waals surface area contributed by atoms with Crippen molar-refractivity contribution in [3.05, 3.63) is 53.6 Å². The Kier molecular flexibility index (Phi) is 4.31. The molecule has 5 heteroatoms. The second kappa shape index (κ2) is 6.37. The third-order valence-corrected chi connectivity index (χ3v) is 3.99. The van der Waals surface area contributed by atoms with Crippen molar-refractivity contribution in [2.45, 2.75) is 44.5 Å². The van der Waals surface area contributed by atoms with Gasteiger partial charge in [-0.1, -0.05) is 12.1 Å². The Balaban J connectivity index is 1.54. The molecule has 3 rings (SSSR count). The maximum absolute atomic E-state index is 12.9. The molecule has 21 heavy (non-hydrogen) atoms. The van der Waals surface area contributed by atoms with Crippen molar-refractivity contribution in [2.75, 3.05) is 0 Å². The minimum absolute atomic E-state index is 0.199. The summed E-state index contributed by atoms with van der Waals surface area (Å²) in [5.41, 5.74) is 2.11. The third-order valence-electron chi connectivity index (χ3n) is 3.99. The summed E-state index contributed by atoms with van der Waals surface area (Å²) in [6, 6.07) is 6.66. The van der Waals surface area contributed by atoms with Gasteiger partial charge >= 0.3 is 0 Å². The van der Waals surface area contributed by atoms with Crippen molar-refractivity contribution in [3.8, 4) is 0 Å². The predicted octanol–water partition coefficient (Wildman–Crippen LogP) is 2.07. The van der Waals surface area contributed by atoms with Crippen LogP contribution in [0.5, 0.6) is 0 Å². The van der Waals surface area contributed by atoms with Crippen LogP contribution in [0.25, 0.3) is 0 Å². The summed E-state index contributed by atoms with van der Waals surface area (Å²) in [6.07, 6.45) is 6.60. The van der Waals surface area contributed by atoms with Gasteiger partial charge in [-0.3, -0.25) is 4.68 Å². The van der Waals surface area contributed by atoms with Crippen molar-refractivity contribution in [2.24, 2.45) is 0 Å². The van der Waals surface area contributed by atoms with E-state index in [4.69, 9.17) is 0 Å². The van der Waals surface area contributed by atoms with Gasteiger partial charge in [0, 0.05) is 24.3 Å². The van der Waals surface area contributed by atoms with Crippen molar-refractivity contribution < 1.29 is 9.50 Å². The van der Waals surface area contributed by atoms with E-state index < -0.39 is 0 Å². The fourth-order valence-electron chi connectivity index (χ4n) is 2.79. The number of halogens is 1. The molecular weight excluding hydrogens is 269 g/mol. The minimum Gasteiger partial charge on any atom is -0.392 e. The Bertz CT molecular complexity index is 581. The van der Waals surface area contributed by atoms with Gasteiger partial charge in [0.1, 0.15) is 5.82 Å². The van der Waals surface area contributed by atoms with Gasteiger partial charge in [-0.15, -0.1) is 0 Å². The first-order chi connectivity index (χ1) is 10.2. The molecule has 112 valence electrons. The van der Waals surface area contributed by atoms with Crippen molar-refractivity contribution in [1.29, 1.82) is 0 Å². The molecule has 2 N–H and O–H groups in total. The quantitative estimate of drug-likeness (QED) is 0.886. The summed E-state index contributed by atoms with van der Waals surface area (Å²) in [4.78, 5) is 0. The van der Waals surface area contributed by atoms with Crippen LogP contribution < -0.4 is 5.32 Å². The van der Waals surface area contributed by atoms with Gasteiger partial charge in [0.25, 0.3) is 0 Å². The van der Waals surface area contributed by atoms with Gasteiger partial charge in [0.05, 0.1) is 18.8 Å². The molecule has 0 amide bonds. The summed E-state index contributed by atoms with van der Waals surface area (Å²) >= 11 is 0. The van der Waals surface area contributed by atoms with Crippen LogP contribution >= 0.6 is 0 Å². The average Bonchev–Trinajstić information content (AvgIpc) is 3.08. The molecule has 2 aromatic rings. The number of nitrogens with zero attached hydrogens (tertiary/aromatic N) is 2. The Hall–Kier alpha value is -1.72. The first-order valence-corrected chi connectivity index (χ1v) is 7.38. The molecule has 1 fully saturated rings. The molecule has 1 aliphatic carbocycles. The number of hydrogen-bond donors (Lipinski definition) is 2. The van der Waals surface area contributed by atoms with E-state index in [0.717, 1.165) is 30.4 Å². The topological polar surface area (TPSA) is 50.1 Å². The Labute approximate surface area is 123 Å². The van der Waals surface area contributed by atoms with Crippen LogP contribution in [0.15, 0.2) is 36.7 Å². The summed E-state index contributed by atoms with van der Waals surface area (Å²) < 4.78 is 14.7. The molecule has 2 atom stereocenters. The highest BCUT2D eigenvalue weighted by molar-refractivity contribution is 5.16. The first kappa shape index (κ1) is 14.2. The maximum Gasteiger partial charge on any atom is 0.123 e. The van der Waals surface area contributed by atoms with E-state index in [1.165, 1.54) is 12.1 Å². The van der Waals surface area contributed by atoms with Gasteiger partial charge < -0.3 is 10.4 Å². The average molecular weight is 289 g/mol. The lowest BCUT2D eigenvalue weighted by Crippen LogP contribution is -2.34. The van der Waals surface area contributed by atoms with Gasteiger partial charge in [-0.2, -0.15) is 5.10 Å². The molecule has 0 spiro atoms. The van der Waals surface area contributed by atoms with Crippen LogP contribution in [0.2, 0.25) is 0 Å². The predicted molar refractivity (Wildman–Crippen MR) is 78.2 cm³/mol. The number of nitrogens with one attached hydrogen (secondary N) is 1. The van der Waals surface area contributed by atoms with Crippen molar-refractivity contribution in [1.82, 2.24) is 15.1 Å². The van der Waals surface area contributed by atoms with Crippen molar-refractivity contribution >= 4 is 0 Å². The number of hydrogen-bond acceptors (Lipinski definition) is 3. The van der Waals surface area contributed by atoms with E-state index in [2.05, 4.69) is 10.4 Å². The Morgan fingerprint density at radius 1 is 1.24 bits per heavy atom. The van der Waals surface area contributed by atoms with Gasteiger partial charge in [0.2, 0.25) is 0 Å².